The second-order valence-corrected chi connectivity index (χ2v) is 7.19. The van der Waals surface area contributed by atoms with Gasteiger partial charge in [-0.2, -0.15) is 0 Å². The number of esters is 1. The molecular weight excluding hydrogens is 375 g/mol. The molecule has 2 aromatic carbocycles. The average molecular weight is 398 g/mol. The van der Waals surface area contributed by atoms with Gasteiger partial charge in [-0.05, 0) is 44.0 Å². The molecule has 2 atom stereocenters. The molecule has 152 valence electrons. The summed E-state index contributed by atoms with van der Waals surface area (Å²) < 4.78 is 19.3. The normalized spacial score (nSPS) is 17.2. The van der Waals surface area contributed by atoms with Crippen LogP contribution >= 0.6 is 0 Å². The van der Waals surface area contributed by atoms with Crippen LogP contribution < -0.4 is 10.2 Å². The molecule has 1 heterocycles. The van der Waals surface area contributed by atoms with Crippen LogP contribution in [0.1, 0.15) is 24.5 Å². The highest BCUT2D eigenvalue weighted by Gasteiger charge is 2.38. The minimum atomic E-state index is -1.03. The van der Waals surface area contributed by atoms with Crippen molar-refractivity contribution in [3.05, 3.63) is 59.4 Å². The van der Waals surface area contributed by atoms with E-state index in [1.54, 1.807) is 6.07 Å². The standard InChI is InChI=1S/C22H23FN2O4/c1-13-7-6-8-14(2)20(13)24-21(27)15(3)29-22(28)16-11-19(26)25(12-16)18-10-5-4-9-17(18)23/h4-10,15-16H,11-12H2,1-3H3,(H,24,27)/t15-,16+/m1/s1. The molecule has 2 aromatic rings. The van der Waals surface area contributed by atoms with Crippen LogP contribution in [0, 0.1) is 25.6 Å². The highest BCUT2D eigenvalue weighted by Crippen LogP contribution is 2.28. The first-order valence-electron chi connectivity index (χ1n) is 9.40. The summed E-state index contributed by atoms with van der Waals surface area (Å²) in [4.78, 5) is 38.4. The van der Waals surface area contributed by atoms with Crippen LogP contribution in [-0.2, 0) is 19.1 Å². The number of hydrogen-bond acceptors (Lipinski definition) is 4. The molecule has 1 N–H and O–H groups in total. The molecule has 29 heavy (non-hydrogen) atoms. The highest BCUT2D eigenvalue weighted by atomic mass is 19.1. The molecule has 0 spiro atoms. The van der Waals surface area contributed by atoms with Gasteiger partial charge in [-0.25, -0.2) is 4.39 Å². The predicted octanol–water partition coefficient (Wildman–Crippen LogP) is 3.37. The third kappa shape index (κ3) is 4.45. The van der Waals surface area contributed by atoms with Crippen molar-refractivity contribution in [1.82, 2.24) is 0 Å². The number of carbonyl (C=O) groups excluding carboxylic acids is 3. The maximum Gasteiger partial charge on any atom is 0.312 e. The van der Waals surface area contributed by atoms with Crippen molar-refractivity contribution >= 4 is 29.2 Å². The van der Waals surface area contributed by atoms with Crippen molar-refractivity contribution < 1.29 is 23.5 Å². The van der Waals surface area contributed by atoms with Gasteiger partial charge in [0, 0.05) is 18.7 Å². The molecule has 1 aliphatic rings. The van der Waals surface area contributed by atoms with Gasteiger partial charge in [0.25, 0.3) is 5.91 Å². The van der Waals surface area contributed by atoms with Crippen LogP contribution in [0.3, 0.4) is 0 Å². The molecule has 1 saturated heterocycles. The van der Waals surface area contributed by atoms with E-state index >= 15 is 0 Å². The molecule has 7 heteroatoms. The number of ether oxygens (including phenoxy) is 1. The second kappa shape index (κ2) is 8.43. The fourth-order valence-corrected chi connectivity index (χ4v) is 3.33. The van der Waals surface area contributed by atoms with Gasteiger partial charge in [0.2, 0.25) is 5.91 Å². The Morgan fingerprint density at radius 2 is 1.79 bits per heavy atom. The maximum atomic E-state index is 14.0. The minimum absolute atomic E-state index is 0.0177. The Morgan fingerprint density at radius 3 is 2.45 bits per heavy atom. The fourth-order valence-electron chi connectivity index (χ4n) is 3.33. The molecule has 0 saturated carbocycles. The van der Waals surface area contributed by atoms with Gasteiger partial charge in [-0.15, -0.1) is 0 Å². The number of carbonyl (C=O) groups is 3. The molecule has 3 rings (SSSR count). The number of nitrogens with zero attached hydrogens (tertiary/aromatic N) is 1. The first-order chi connectivity index (χ1) is 13.8. The molecule has 2 amide bonds. The molecule has 0 aliphatic carbocycles. The molecule has 0 unspecified atom stereocenters. The summed E-state index contributed by atoms with van der Waals surface area (Å²) in [5, 5.41) is 2.78. The van der Waals surface area contributed by atoms with E-state index < -0.39 is 29.7 Å². The highest BCUT2D eigenvalue weighted by molar-refractivity contribution is 6.00. The zero-order chi connectivity index (χ0) is 21.1. The van der Waals surface area contributed by atoms with Crippen LogP contribution in [0.5, 0.6) is 0 Å². The van der Waals surface area contributed by atoms with E-state index in [1.807, 2.05) is 32.0 Å². The van der Waals surface area contributed by atoms with Gasteiger partial charge in [-0.1, -0.05) is 30.3 Å². The van der Waals surface area contributed by atoms with Gasteiger partial charge in [0.15, 0.2) is 6.10 Å². The number of nitrogens with one attached hydrogen (secondary N) is 1. The molecule has 1 fully saturated rings. The Kier molecular flexibility index (Phi) is 5.96. The van der Waals surface area contributed by atoms with E-state index in [1.165, 1.54) is 30.0 Å². The summed E-state index contributed by atoms with van der Waals surface area (Å²) in [5.74, 6) is -2.74. The van der Waals surface area contributed by atoms with Crippen molar-refractivity contribution in [3.8, 4) is 0 Å². The lowest BCUT2D eigenvalue weighted by Crippen LogP contribution is -2.33. The van der Waals surface area contributed by atoms with Crippen LogP contribution in [0.15, 0.2) is 42.5 Å². The lowest BCUT2D eigenvalue weighted by Gasteiger charge is -2.19. The van der Waals surface area contributed by atoms with Gasteiger partial charge < -0.3 is 15.0 Å². The molecule has 0 radical (unpaired) electrons. The first-order valence-corrected chi connectivity index (χ1v) is 9.40. The van der Waals surface area contributed by atoms with E-state index in [0.717, 1.165) is 11.1 Å². The molecule has 0 bridgehead atoms. The van der Waals surface area contributed by atoms with E-state index in [2.05, 4.69) is 5.32 Å². The smallest absolute Gasteiger partial charge is 0.312 e. The zero-order valence-corrected chi connectivity index (χ0v) is 16.6. The van der Waals surface area contributed by atoms with Crippen LogP contribution in [0.2, 0.25) is 0 Å². The number of hydrogen-bond donors (Lipinski definition) is 1. The average Bonchev–Trinajstić information content (AvgIpc) is 3.06. The number of rotatable bonds is 5. The zero-order valence-electron chi connectivity index (χ0n) is 16.6. The Balaban J connectivity index is 1.62. The summed E-state index contributed by atoms with van der Waals surface area (Å²) in [6.45, 7) is 5.25. The Bertz CT molecular complexity index is 939. The number of para-hydroxylation sites is 2. The summed E-state index contributed by atoms with van der Waals surface area (Å²) in [6.07, 6.45) is -1.11. The van der Waals surface area contributed by atoms with E-state index in [-0.39, 0.29) is 24.6 Å². The second-order valence-electron chi connectivity index (χ2n) is 7.19. The fraction of sp³-hybridized carbons (Fsp3) is 0.318. The number of anilines is 2. The molecule has 0 aromatic heterocycles. The van der Waals surface area contributed by atoms with Gasteiger partial charge in [0.1, 0.15) is 5.82 Å². The van der Waals surface area contributed by atoms with Gasteiger partial charge in [-0.3, -0.25) is 14.4 Å². The van der Waals surface area contributed by atoms with Gasteiger partial charge in [0.05, 0.1) is 11.6 Å². The Labute approximate surface area is 168 Å². The summed E-state index contributed by atoms with van der Waals surface area (Å²) in [6, 6.07) is 11.5. The van der Waals surface area contributed by atoms with Crippen molar-refractivity contribution in [2.24, 2.45) is 5.92 Å². The topological polar surface area (TPSA) is 75.7 Å². The van der Waals surface area contributed by atoms with E-state index in [4.69, 9.17) is 4.74 Å². The van der Waals surface area contributed by atoms with Gasteiger partial charge >= 0.3 is 5.97 Å². The monoisotopic (exact) mass is 398 g/mol. The van der Waals surface area contributed by atoms with Crippen LogP contribution in [-0.4, -0.2) is 30.4 Å². The lowest BCUT2D eigenvalue weighted by atomic mass is 10.1. The minimum Gasteiger partial charge on any atom is -0.452 e. The molecule has 6 nitrogen and oxygen atoms in total. The van der Waals surface area contributed by atoms with Crippen LogP contribution in [0.25, 0.3) is 0 Å². The predicted molar refractivity (Wildman–Crippen MR) is 107 cm³/mol. The van der Waals surface area contributed by atoms with Crippen molar-refractivity contribution in [2.75, 3.05) is 16.8 Å². The number of aryl methyl sites for hydroxylation is 2. The molecular formula is C22H23FN2O4. The SMILES string of the molecule is Cc1cccc(C)c1NC(=O)[C@@H](C)OC(=O)[C@H]1CC(=O)N(c2ccccc2F)C1. The van der Waals surface area contributed by atoms with Crippen molar-refractivity contribution in [1.29, 1.82) is 0 Å². The third-order valence-electron chi connectivity index (χ3n) is 4.99. The largest absolute Gasteiger partial charge is 0.452 e. The third-order valence-corrected chi connectivity index (χ3v) is 4.99. The van der Waals surface area contributed by atoms with Crippen LogP contribution in [0.4, 0.5) is 15.8 Å². The molecule has 1 aliphatic heterocycles. The number of benzene rings is 2. The summed E-state index contributed by atoms with van der Waals surface area (Å²) >= 11 is 0. The van der Waals surface area contributed by atoms with Crippen molar-refractivity contribution in [2.45, 2.75) is 33.3 Å². The number of amides is 2. The van der Waals surface area contributed by atoms with Crippen molar-refractivity contribution in [3.63, 3.8) is 0 Å². The first kappa shape index (κ1) is 20.5. The van der Waals surface area contributed by atoms with E-state index in [0.29, 0.717) is 5.69 Å². The number of halogens is 1. The summed E-state index contributed by atoms with van der Waals surface area (Å²) in [7, 11) is 0. The Morgan fingerprint density at radius 1 is 1.14 bits per heavy atom. The maximum absolute atomic E-state index is 14.0. The quantitative estimate of drug-likeness (QED) is 0.784. The summed E-state index contributed by atoms with van der Waals surface area (Å²) in [5.41, 5.74) is 2.62. The lowest BCUT2D eigenvalue weighted by molar-refractivity contribution is -0.157. The van der Waals surface area contributed by atoms with E-state index in [9.17, 15) is 18.8 Å². The Hall–Kier alpha value is -3.22.